The van der Waals surface area contributed by atoms with Crippen LogP contribution in [0.1, 0.15) is 84.2 Å². The van der Waals surface area contributed by atoms with E-state index in [1.807, 2.05) is 12.1 Å². The highest BCUT2D eigenvalue weighted by Gasteiger charge is 2.35. The topological polar surface area (TPSA) is 87.7 Å². The summed E-state index contributed by atoms with van der Waals surface area (Å²) in [4.78, 5) is 38.7. The van der Waals surface area contributed by atoms with Crippen molar-refractivity contribution in [2.24, 2.45) is 0 Å². The fourth-order valence-corrected chi connectivity index (χ4v) is 3.68. The summed E-state index contributed by atoms with van der Waals surface area (Å²) in [6.07, 6.45) is 7.07. The number of allylic oxidation sites excluding steroid dienone is 1. The van der Waals surface area contributed by atoms with Gasteiger partial charge in [0.25, 0.3) is 0 Å². The first-order chi connectivity index (χ1) is 15.2. The van der Waals surface area contributed by atoms with Crippen molar-refractivity contribution in [3.8, 4) is 0 Å². The number of anilines is 1. The first-order valence-electron chi connectivity index (χ1n) is 11.6. The predicted octanol–water partition coefficient (Wildman–Crippen LogP) is 5.30. The van der Waals surface area contributed by atoms with E-state index in [0.29, 0.717) is 23.4 Å². The summed E-state index contributed by atoms with van der Waals surface area (Å²) in [6, 6.07) is 6.31. The Hall–Kier alpha value is -2.83. The van der Waals surface area contributed by atoms with Crippen LogP contribution in [0.25, 0.3) is 0 Å². The van der Waals surface area contributed by atoms with E-state index in [-0.39, 0.29) is 18.0 Å². The number of hydrogen-bond donors (Lipinski definition) is 2. The third-order valence-electron chi connectivity index (χ3n) is 5.60. The molecule has 0 bridgehead atoms. The molecule has 0 saturated carbocycles. The van der Waals surface area contributed by atoms with Crippen molar-refractivity contribution < 1.29 is 19.1 Å². The Labute approximate surface area is 191 Å². The van der Waals surface area contributed by atoms with Crippen LogP contribution < -0.4 is 10.6 Å². The summed E-state index contributed by atoms with van der Waals surface area (Å²) < 4.78 is 5.41. The molecule has 2 N–H and O–H groups in total. The van der Waals surface area contributed by atoms with Crippen molar-refractivity contribution in [1.29, 1.82) is 0 Å². The minimum atomic E-state index is -0.613. The van der Waals surface area contributed by atoms with E-state index in [2.05, 4.69) is 17.6 Å². The second-order valence-corrected chi connectivity index (χ2v) is 8.58. The van der Waals surface area contributed by atoms with Gasteiger partial charge in [-0.05, 0) is 44.9 Å². The molecule has 7 heteroatoms. The number of carbonyl (C=O) groups excluding carboxylic acids is 3. The molecular formula is C25H37N3O4. The number of nitrogens with zero attached hydrogens (tertiary/aromatic N) is 1. The standard InChI is InChI=1S/C25H37N3O4/c1-6-7-8-9-10-11-12-21(29)26-20-15-13-19(14-16-20)23-22(24(30)32-17(2)3)18(4)28(5)25(31)27-23/h13-17,23H,6-12H2,1-5H3,(H,26,29)(H,27,31). The molecular weight excluding hydrogens is 406 g/mol. The van der Waals surface area contributed by atoms with E-state index in [9.17, 15) is 14.4 Å². The number of carbonyl (C=O) groups is 3. The maximum Gasteiger partial charge on any atom is 0.338 e. The lowest BCUT2D eigenvalue weighted by Crippen LogP contribution is -2.46. The highest BCUT2D eigenvalue weighted by molar-refractivity contribution is 5.95. The first kappa shape index (κ1) is 25.4. The van der Waals surface area contributed by atoms with Crippen molar-refractivity contribution in [3.05, 3.63) is 41.1 Å². The molecule has 0 spiro atoms. The van der Waals surface area contributed by atoms with E-state index in [0.717, 1.165) is 18.4 Å². The summed E-state index contributed by atoms with van der Waals surface area (Å²) >= 11 is 0. The van der Waals surface area contributed by atoms with Gasteiger partial charge in [-0.15, -0.1) is 0 Å². The van der Waals surface area contributed by atoms with E-state index >= 15 is 0 Å². The largest absolute Gasteiger partial charge is 0.459 e. The predicted molar refractivity (Wildman–Crippen MR) is 126 cm³/mol. The average molecular weight is 444 g/mol. The van der Waals surface area contributed by atoms with Gasteiger partial charge in [-0.2, -0.15) is 0 Å². The van der Waals surface area contributed by atoms with Crippen molar-refractivity contribution in [3.63, 3.8) is 0 Å². The molecule has 2 rings (SSSR count). The second kappa shape index (κ2) is 12.3. The first-order valence-corrected chi connectivity index (χ1v) is 11.6. The van der Waals surface area contributed by atoms with Gasteiger partial charge in [0.2, 0.25) is 5.91 Å². The van der Waals surface area contributed by atoms with Crippen LogP contribution in [0.4, 0.5) is 10.5 Å². The fourth-order valence-electron chi connectivity index (χ4n) is 3.68. The lowest BCUT2D eigenvalue weighted by atomic mass is 9.95. The average Bonchev–Trinajstić information content (AvgIpc) is 2.74. The molecule has 1 atom stereocenters. The smallest absolute Gasteiger partial charge is 0.338 e. The summed E-state index contributed by atoms with van der Waals surface area (Å²) in [5.41, 5.74) is 2.40. The van der Waals surface area contributed by atoms with Gasteiger partial charge in [0.15, 0.2) is 0 Å². The number of amides is 3. The quantitative estimate of drug-likeness (QED) is 0.359. The van der Waals surface area contributed by atoms with Gasteiger partial charge in [0.05, 0.1) is 17.7 Å². The van der Waals surface area contributed by atoms with Crippen LogP contribution in [0.5, 0.6) is 0 Å². The summed E-state index contributed by atoms with van der Waals surface area (Å²) in [7, 11) is 1.62. The number of benzene rings is 1. The normalized spacial score (nSPS) is 16.2. The van der Waals surface area contributed by atoms with Gasteiger partial charge in [0, 0.05) is 24.9 Å². The van der Waals surface area contributed by atoms with Gasteiger partial charge in [-0.3, -0.25) is 4.79 Å². The van der Waals surface area contributed by atoms with Crippen LogP contribution >= 0.6 is 0 Å². The van der Waals surface area contributed by atoms with Crippen LogP contribution in [0.2, 0.25) is 0 Å². The van der Waals surface area contributed by atoms with E-state index in [4.69, 9.17) is 4.74 Å². The van der Waals surface area contributed by atoms with Gasteiger partial charge in [-0.25, -0.2) is 9.59 Å². The van der Waals surface area contributed by atoms with Gasteiger partial charge >= 0.3 is 12.0 Å². The SMILES string of the molecule is CCCCCCCCC(=O)Nc1ccc(C2NC(=O)N(C)C(C)=C2C(=O)OC(C)C)cc1. The molecule has 1 aromatic carbocycles. The Morgan fingerprint density at radius 3 is 2.34 bits per heavy atom. The van der Waals surface area contributed by atoms with Crippen LogP contribution in [0, 0.1) is 0 Å². The second-order valence-electron chi connectivity index (χ2n) is 8.58. The molecule has 0 aliphatic carbocycles. The zero-order chi connectivity index (χ0) is 23.7. The molecule has 1 aliphatic rings. The molecule has 1 aliphatic heterocycles. The molecule has 3 amide bonds. The van der Waals surface area contributed by atoms with Crippen LogP contribution in [-0.2, 0) is 14.3 Å². The monoisotopic (exact) mass is 443 g/mol. The number of unbranched alkanes of at least 4 members (excludes halogenated alkanes) is 5. The lowest BCUT2D eigenvalue weighted by Gasteiger charge is -2.33. The lowest BCUT2D eigenvalue weighted by molar-refractivity contribution is -0.143. The summed E-state index contributed by atoms with van der Waals surface area (Å²) in [5, 5.41) is 5.79. The maximum absolute atomic E-state index is 12.7. The molecule has 1 aromatic rings. The zero-order valence-electron chi connectivity index (χ0n) is 20.0. The Morgan fingerprint density at radius 1 is 1.09 bits per heavy atom. The molecule has 0 saturated heterocycles. The Balaban J connectivity index is 2.04. The number of ether oxygens (including phenoxy) is 1. The van der Waals surface area contributed by atoms with Crippen molar-refractivity contribution in [1.82, 2.24) is 10.2 Å². The van der Waals surface area contributed by atoms with E-state index < -0.39 is 12.0 Å². The number of urea groups is 1. The van der Waals surface area contributed by atoms with Crippen molar-refractivity contribution in [2.45, 2.75) is 84.8 Å². The molecule has 0 aromatic heterocycles. The minimum absolute atomic E-state index is 0.00206. The highest BCUT2D eigenvalue weighted by atomic mass is 16.5. The van der Waals surface area contributed by atoms with Crippen molar-refractivity contribution >= 4 is 23.6 Å². The number of rotatable bonds is 11. The fraction of sp³-hybridized carbons (Fsp3) is 0.560. The Kier molecular flexibility index (Phi) is 9.75. The molecule has 176 valence electrons. The summed E-state index contributed by atoms with van der Waals surface area (Å²) in [5.74, 6) is -0.455. The van der Waals surface area contributed by atoms with E-state index in [1.165, 1.54) is 30.6 Å². The summed E-state index contributed by atoms with van der Waals surface area (Å²) in [6.45, 7) is 7.50. The molecule has 7 nitrogen and oxygen atoms in total. The van der Waals surface area contributed by atoms with Crippen LogP contribution in [0.3, 0.4) is 0 Å². The maximum atomic E-state index is 12.7. The highest BCUT2D eigenvalue weighted by Crippen LogP contribution is 2.31. The third-order valence-corrected chi connectivity index (χ3v) is 5.60. The molecule has 1 heterocycles. The number of esters is 1. The van der Waals surface area contributed by atoms with Crippen molar-refractivity contribution in [2.75, 3.05) is 12.4 Å². The van der Waals surface area contributed by atoms with Gasteiger partial charge < -0.3 is 20.3 Å². The number of hydrogen-bond acceptors (Lipinski definition) is 4. The zero-order valence-corrected chi connectivity index (χ0v) is 20.0. The molecule has 0 radical (unpaired) electrons. The Morgan fingerprint density at radius 2 is 1.72 bits per heavy atom. The molecule has 32 heavy (non-hydrogen) atoms. The molecule has 0 fully saturated rings. The Bertz CT molecular complexity index is 830. The van der Waals surface area contributed by atoms with Gasteiger partial charge in [-0.1, -0.05) is 51.2 Å². The third kappa shape index (κ3) is 7.11. The van der Waals surface area contributed by atoms with Crippen LogP contribution in [-0.4, -0.2) is 36.0 Å². The van der Waals surface area contributed by atoms with E-state index in [1.54, 1.807) is 40.0 Å². The minimum Gasteiger partial charge on any atom is -0.459 e. The number of nitrogens with one attached hydrogen (secondary N) is 2. The molecule has 1 unspecified atom stereocenters. The van der Waals surface area contributed by atoms with Gasteiger partial charge in [0.1, 0.15) is 0 Å². The van der Waals surface area contributed by atoms with Crippen LogP contribution in [0.15, 0.2) is 35.5 Å².